The van der Waals surface area contributed by atoms with Crippen LogP contribution in [0.15, 0.2) is 66.9 Å². The van der Waals surface area contributed by atoms with Crippen LogP contribution in [0.25, 0.3) is 5.69 Å². The van der Waals surface area contributed by atoms with Gasteiger partial charge in [0.05, 0.1) is 17.9 Å². The van der Waals surface area contributed by atoms with E-state index in [9.17, 15) is 9.59 Å². The molecule has 154 valence electrons. The Balaban J connectivity index is 1.33. The van der Waals surface area contributed by atoms with Gasteiger partial charge in [0.15, 0.2) is 0 Å². The summed E-state index contributed by atoms with van der Waals surface area (Å²) in [6.07, 6.45) is 2.36. The van der Waals surface area contributed by atoms with E-state index in [1.54, 1.807) is 4.90 Å². The van der Waals surface area contributed by atoms with E-state index in [1.165, 1.54) is 0 Å². The molecule has 1 aliphatic heterocycles. The first-order valence-electron chi connectivity index (χ1n) is 10.1. The summed E-state index contributed by atoms with van der Waals surface area (Å²) in [6, 6.07) is 19.9. The Morgan fingerprint density at radius 1 is 0.933 bits per heavy atom. The number of fused-ring (bicyclic) bond motifs is 3. The minimum Gasteiger partial charge on any atom is -0.378 e. The number of rotatable bonds is 6. The number of hydrogen-bond donors (Lipinski definition) is 1. The molecule has 2 heterocycles. The first-order valence-corrected chi connectivity index (χ1v) is 10.1. The molecule has 1 N–H and O–H groups in total. The van der Waals surface area contributed by atoms with Gasteiger partial charge in [0, 0.05) is 51.1 Å². The van der Waals surface area contributed by atoms with Crippen LogP contribution in [-0.2, 0) is 22.7 Å². The largest absolute Gasteiger partial charge is 0.378 e. The fraction of sp³-hybridized carbons (Fsp3) is 0.250. The van der Waals surface area contributed by atoms with Gasteiger partial charge in [-0.3, -0.25) is 9.59 Å². The van der Waals surface area contributed by atoms with E-state index in [-0.39, 0.29) is 24.7 Å². The van der Waals surface area contributed by atoms with Gasteiger partial charge in [-0.05, 0) is 42.0 Å². The monoisotopic (exact) mass is 402 g/mol. The third-order valence-corrected chi connectivity index (χ3v) is 5.39. The highest BCUT2D eigenvalue weighted by molar-refractivity contribution is 5.97. The summed E-state index contributed by atoms with van der Waals surface area (Å²) in [4.78, 5) is 29.0. The first kappa shape index (κ1) is 19.8. The van der Waals surface area contributed by atoms with E-state index >= 15 is 0 Å². The van der Waals surface area contributed by atoms with E-state index in [0.29, 0.717) is 13.1 Å². The lowest BCUT2D eigenvalue weighted by Crippen LogP contribution is -2.35. The lowest BCUT2D eigenvalue weighted by Gasteiger charge is -2.31. The maximum Gasteiger partial charge on any atom is 0.227 e. The molecule has 30 heavy (non-hydrogen) atoms. The standard InChI is InChI=1S/C24H26N4O2/c1-26(2)19-11-9-18(10-12-19)16-25-23(29)13-14-24(30)28-17-20-6-5-15-27(20)21-7-3-4-8-22(21)28/h3-12,15H,13-14,16-17H2,1-2H3,(H,25,29). The van der Waals surface area contributed by atoms with Crippen LogP contribution in [0.1, 0.15) is 24.1 Å². The molecule has 0 radical (unpaired) electrons. The second-order valence-electron chi connectivity index (χ2n) is 7.68. The van der Waals surface area contributed by atoms with E-state index in [1.807, 2.05) is 85.9 Å². The number of nitrogens with one attached hydrogen (secondary N) is 1. The topological polar surface area (TPSA) is 57.6 Å². The number of carbonyl (C=O) groups is 2. The Morgan fingerprint density at radius 3 is 2.40 bits per heavy atom. The minimum atomic E-state index is -0.117. The molecule has 0 saturated heterocycles. The highest BCUT2D eigenvalue weighted by Gasteiger charge is 2.25. The summed E-state index contributed by atoms with van der Waals surface area (Å²) in [5.74, 6) is -0.158. The maximum absolute atomic E-state index is 12.9. The average Bonchev–Trinajstić information content (AvgIpc) is 3.24. The van der Waals surface area contributed by atoms with Crippen molar-refractivity contribution in [3.63, 3.8) is 0 Å². The van der Waals surface area contributed by atoms with Crippen molar-refractivity contribution in [2.45, 2.75) is 25.9 Å². The molecular weight excluding hydrogens is 376 g/mol. The Morgan fingerprint density at radius 2 is 1.67 bits per heavy atom. The third kappa shape index (κ3) is 4.08. The predicted octanol–water partition coefficient (Wildman–Crippen LogP) is 3.49. The van der Waals surface area contributed by atoms with Crippen LogP contribution in [-0.4, -0.2) is 30.5 Å². The molecule has 0 aliphatic carbocycles. The Kier molecular flexibility index (Phi) is 5.57. The quantitative estimate of drug-likeness (QED) is 0.687. The van der Waals surface area contributed by atoms with Crippen LogP contribution in [0.3, 0.4) is 0 Å². The molecule has 0 atom stereocenters. The van der Waals surface area contributed by atoms with Crippen molar-refractivity contribution in [2.75, 3.05) is 23.9 Å². The molecule has 4 rings (SSSR count). The van der Waals surface area contributed by atoms with Crippen molar-refractivity contribution >= 4 is 23.2 Å². The highest BCUT2D eigenvalue weighted by Crippen LogP contribution is 2.32. The average molecular weight is 402 g/mol. The molecule has 0 spiro atoms. The molecule has 1 aromatic heterocycles. The van der Waals surface area contributed by atoms with Gasteiger partial charge in [-0.2, -0.15) is 0 Å². The van der Waals surface area contributed by atoms with E-state index < -0.39 is 0 Å². The Bertz CT molecular complexity index is 1050. The van der Waals surface area contributed by atoms with Gasteiger partial charge in [0.2, 0.25) is 11.8 Å². The molecule has 6 heteroatoms. The predicted molar refractivity (Wildman–Crippen MR) is 119 cm³/mol. The van der Waals surface area contributed by atoms with Gasteiger partial charge in [-0.15, -0.1) is 0 Å². The fourth-order valence-electron chi connectivity index (χ4n) is 3.70. The van der Waals surface area contributed by atoms with Gasteiger partial charge < -0.3 is 19.7 Å². The molecule has 0 bridgehead atoms. The summed E-state index contributed by atoms with van der Waals surface area (Å²) in [7, 11) is 3.98. The van der Waals surface area contributed by atoms with Gasteiger partial charge >= 0.3 is 0 Å². The Hall–Kier alpha value is -3.54. The zero-order chi connectivity index (χ0) is 21.1. The lowest BCUT2D eigenvalue weighted by atomic mass is 10.1. The van der Waals surface area contributed by atoms with Crippen molar-refractivity contribution in [3.8, 4) is 5.69 Å². The second kappa shape index (κ2) is 8.45. The van der Waals surface area contributed by atoms with E-state index in [2.05, 4.69) is 9.88 Å². The molecule has 6 nitrogen and oxygen atoms in total. The summed E-state index contributed by atoms with van der Waals surface area (Å²) < 4.78 is 2.10. The maximum atomic E-state index is 12.9. The minimum absolute atomic E-state index is 0.0413. The van der Waals surface area contributed by atoms with Crippen molar-refractivity contribution < 1.29 is 9.59 Å². The van der Waals surface area contributed by atoms with Crippen molar-refractivity contribution in [1.29, 1.82) is 0 Å². The summed E-state index contributed by atoms with van der Waals surface area (Å²) in [5, 5.41) is 2.91. The number of nitrogens with zero attached hydrogens (tertiary/aromatic N) is 3. The number of aromatic nitrogens is 1. The molecule has 3 aromatic rings. The van der Waals surface area contributed by atoms with E-state index in [0.717, 1.165) is 28.3 Å². The van der Waals surface area contributed by atoms with Crippen LogP contribution in [0, 0.1) is 0 Å². The molecule has 0 saturated carbocycles. The van der Waals surface area contributed by atoms with Gasteiger partial charge in [-0.1, -0.05) is 24.3 Å². The van der Waals surface area contributed by atoms with Crippen molar-refractivity contribution in [1.82, 2.24) is 9.88 Å². The number of para-hydroxylation sites is 2. The van der Waals surface area contributed by atoms with Gasteiger partial charge in [-0.25, -0.2) is 0 Å². The SMILES string of the molecule is CN(C)c1ccc(CNC(=O)CCC(=O)N2Cc3cccn3-c3ccccc32)cc1. The normalized spacial score (nSPS) is 12.1. The second-order valence-corrected chi connectivity index (χ2v) is 7.68. The number of carbonyl (C=O) groups excluding carboxylic acids is 2. The van der Waals surface area contributed by atoms with Gasteiger partial charge in [0.25, 0.3) is 0 Å². The first-order chi connectivity index (χ1) is 14.5. The van der Waals surface area contributed by atoms with Crippen molar-refractivity contribution in [2.24, 2.45) is 0 Å². The summed E-state index contributed by atoms with van der Waals surface area (Å²) >= 11 is 0. The fourth-order valence-corrected chi connectivity index (χ4v) is 3.70. The van der Waals surface area contributed by atoms with Crippen LogP contribution in [0.2, 0.25) is 0 Å². The molecule has 2 aromatic carbocycles. The smallest absolute Gasteiger partial charge is 0.227 e. The third-order valence-electron chi connectivity index (χ3n) is 5.39. The molecule has 0 fully saturated rings. The lowest BCUT2D eigenvalue weighted by molar-refractivity contribution is -0.125. The number of anilines is 2. The molecule has 1 aliphatic rings. The van der Waals surface area contributed by atoms with E-state index in [4.69, 9.17) is 0 Å². The van der Waals surface area contributed by atoms with Crippen LogP contribution in [0.5, 0.6) is 0 Å². The van der Waals surface area contributed by atoms with Crippen LogP contribution < -0.4 is 15.1 Å². The van der Waals surface area contributed by atoms with Crippen LogP contribution in [0.4, 0.5) is 11.4 Å². The zero-order valence-corrected chi connectivity index (χ0v) is 17.3. The number of benzene rings is 2. The Labute approximate surface area is 176 Å². The molecular formula is C24H26N4O2. The van der Waals surface area contributed by atoms with Crippen LogP contribution >= 0.6 is 0 Å². The number of amides is 2. The zero-order valence-electron chi connectivity index (χ0n) is 17.3. The number of hydrogen-bond acceptors (Lipinski definition) is 3. The summed E-state index contributed by atoms with van der Waals surface area (Å²) in [6.45, 7) is 0.976. The van der Waals surface area contributed by atoms with Gasteiger partial charge in [0.1, 0.15) is 0 Å². The molecule has 2 amide bonds. The molecule has 0 unspecified atom stereocenters. The summed E-state index contributed by atoms with van der Waals surface area (Å²) in [5.41, 5.74) is 5.08. The highest BCUT2D eigenvalue weighted by atomic mass is 16.2. The van der Waals surface area contributed by atoms with Crippen molar-refractivity contribution in [3.05, 3.63) is 78.1 Å².